The van der Waals surface area contributed by atoms with Crippen LogP contribution in [0.15, 0.2) is 48.5 Å². The lowest BCUT2D eigenvalue weighted by Crippen LogP contribution is -2.02. The summed E-state index contributed by atoms with van der Waals surface area (Å²) in [4.78, 5) is 11.2. The number of hydrogen-bond donors (Lipinski definition) is 0. The molecule has 0 aliphatic carbocycles. The quantitative estimate of drug-likeness (QED) is 0.662. The van der Waals surface area contributed by atoms with Crippen LogP contribution in [0.1, 0.15) is 26.2 Å². The summed E-state index contributed by atoms with van der Waals surface area (Å²) in [7, 11) is 0. The molecule has 0 unspecified atom stereocenters. The maximum Gasteiger partial charge on any atom is 0.137 e. The van der Waals surface area contributed by atoms with Crippen LogP contribution in [0.2, 0.25) is 5.02 Å². The van der Waals surface area contributed by atoms with Crippen LogP contribution in [0.3, 0.4) is 0 Å². The van der Waals surface area contributed by atoms with E-state index in [1.165, 1.54) is 0 Å². The van der Waals surface area contributed by atoms with Gasteiger partial charge < -0.3 is 4.74 Å². The Morgan fingerprint density at radius 2 is 1.86 bits per heavy atom. The summed E-state index contributed by atoms with van der Waals surface area (Å²) < 4.78 is 5.64. The maximum absolute atomic E-state index is 11.2. The van der Waals surface area contributed by atoms with Crippen molar-refractivity contribution in [3.05, 3.63) is 53.6 Å². The average molecular weight is 303 g/mol. The van der Waals surface area contributed by atoms with E-state index in [4.69, 9.17) is 16.3 Å². The second kappa shape index (κ2) is 7.84. The van der Waals surface area contributed by atoms with E-state index in [0.717, 1.165) is 17.5 Å². The largest absolute Gasteiger partial charge is 0.492 e. The van der Waals surface area contributed by atoms with Crippen LogP contribution >= 0.6 is 11.6 Å². The summed E-state index contributed by atoms with van der Waals surface area (Å²) in [5, 5.41) is 0.596. The third kappa shape index (κ3) is 4.61. The number of carbonyl (C=O) groups excluding carboxylic acids is 1. The summed E-state index contributed by atoms with van der Waals surface area (Å²) in [5.74, 6) is 0.935. The molecule has 0 aromatic heterocycles. The molecule has 0 heterocycles. The fourth-order valence-corrected chi connectivity index (χ4v) is 2.29. The standard InChI is InChI=1S/C18H19ClO2/c1-2-16(20)9-6-12-21-18-11-10-15(13-17(18)19)14-7-4-3-5-8-14/h3-5,7-8,10-11,13H,2,6,9,12H2,1H3. The molecule has 110 valence electrons. The van der Waals surface area contributed by atoms with Crippen molar-refractivity contribution in [3.8, 4) is 16.9 Å². The van der Waals surface area contributed by atoms with E-state index >= 15 is 0 Å². The molecule has 0 saturated carbocycles. The minimum Gasteiger partial charge on any atom is -0.492 e. The Morgan fingerprint density at radius 1 is 1.10 bits per heavy atom. The third-order valence-electron chi connectivity index (χ3n) is 3.29. The number of halogens is 1. The first-order valence-corrected chi connectivity index (χ1v) is 7.58. The number of carbonyl (C=O) groups is 1. The van der Waals surface area contributed by atoms with Gasteiger partial charge in [0.25, 0.3) is 0 Å². The molecule has 2 nitrogen and oxygen atoms in total. The van der Waals surface area contributed by atoms with Gasteiger partial charge >= 0.3 is 0 Å². The summed E-state index contributed by atoms with van der Waals surface area (Å²) >= 11 is 6.26. The summed E-state index contributed by atoms with van der Waals surface area (Å²) in [6.07, 6.45) is 1.88. The smallest absolute Gasteiger partial charge is 0.137 e. The van der Waals surface area contributed by atoms with Crippen molar-refractivity contribution in [1.29, 1.82) is 0 Å². The van der Waals surface area contributed by atoms with Crippen LogP contribution < -0.4 is 4.74 Å². The molecule has 0 saturated heterocycles. The fraction of sp³-hybridized carbons (Fsp3) is 0.278. The zero-order valence-corrected chi connectivity index (χ0v) is 12.9. The van der Waals surface area contributed by atoms with Crippen LogP contribution in [0.4, 0.5) is 0 Å². The molecule has 2 rings (SSSR count). The Hall–Kier alpha value is -1.80. The summed E-state index contributed by atoms with van der Waals surface area (Å²) in [5.41, 5.74) is 2.19. The minimum atomic E-state index is 0.268. The van der Waals surface area contributed by atoms with Crippen molar-refractivity contribution >= 4 is 17.4 Å². The highest BCUT2D eigenvalue weighted by molar-refractivity contribution is 6.32. The van der Waals surface area contributed by atoms with Gasteiger partial charge in [-0.15, -0.1) is 0 Å². The van der Waals surface area contributed by atoms with Gasteiger partial charge in [0.1, 0.15) is 11.5 Å². The van der Waals surface area contributed by atoms with Crippen molar-refractivity contribution in [2.45, 2.75) is 26.2 Å². The van der Waals surface area contributed by atoms with Gasteiger partial charge in [-0.1, -0.05) is 54.9 Å². The minimum absolute atomic E-state index is 0.268. The van der Waals surface area contributed by atoms with E-state index in [2.05, 4.69) is 0 Å². The van der Waals surface area contributed by atoms with Crippen LogP contribution in [0.5, 0.6) is 5.75 Å². The van der Waals surface area contributed by atoms with Crippen LogP contribution in [-0.4, -0.2) is 12.4 Å². The molecule has 3 heteroatoms. The van der Waals surface area contributed by atoms with Gasteiger partial charge in [0.15, 0.2) is 0 Å². The molecule has 0 fully saturated rings. The summed E-state index contributed by atoms with van der Waals surface area (Å²) in [6.45, 7) is 2.39. The topological polar surface area (TPSA) is 26.3 Å². The van der Waals surface area contributed by atoms with Crippen LogP contribution in [-0.2, 0) is 4.79 Å². The number of ketones is 1. The Kier molecular flexibility index (Phi) is 5.82. The molecule has 0 spiro atoms. The van der Waals surface area contributed by atoms with Gasteiger partial charge in [-0.05, 0) is 29.7 Å². The lowest BCUT2D eigenvalue weighted by Gasteiger charge is -2.09. The Balaban J connectivity index is 1.95. The zero-order chi connectivity index (χ0) is 15.1. The second-order valence-corrected chi connectivity index (χ2v) is 5.26. The molecule has 0 aliphatic heterocycles. The van der Waals surface area contributed by atoms with E-state index < -0.39 is 0 Å². The maximum atomic E-state index is 11.2. The van der Waals surface area contributed by atoms with Crippen molar-refractivity contribution < 1.29 is 9.53 Å². The number of benzene rings is 2. The van der Waals surface area contributed by atoms with Crippen LogP contribution in [0, 0.1) is 0 Å². The highest BCUT2D eigenvalue weighted by Gasteiger charge is 2.05. The molecular weight excluding hydrogens is 284 g/mol. The van der Waals surface area contributed by atoms with Gasteiger partial charge in [0.2, 0.25) is 0 Å². The zero-order valence-electron chi connectivity index (χ0n) is 12.1. The van der Waals surface area contributed by atoms with Gasteiger partial charge in [-0.2, -0.15) is 0 Å². The van der Waals surface area contributed by atoms with E-state index in [1.807, 2.05) is 55.5 Å². The lowest BCUT2D eigenvalue weighted by atomic mass is 10.1. The number of hydrogen-bond acceptors (Lipinski definition) is 2. The number of ether oxygens (including phenoxy) is 1. The van der Waals surface area contributed by atoms with Gasteiger partial charge in [0.05, 0.1) is 11.6 Å². The first-order chi connectivity index (χ1) is 10.2. The Bertz CT molecular complexity index is 593. The Morgan fingerprint density at radius 3 is 2.52 bits per heavy atom. The number of Topliss-reactive ketones (excluding diaryl/α,β-unsaturated/α-hetero) is 1. The molecule has 2 aromatic carbocycles. The molecule has 0 amide bonds. The van der Waals surface area contributed by atoms with Crippen molar-refractivity contribution in [2.75, 3.05) is 6.61 Å². The normalized spacial score (nSPS) is 10.4. The monoisotopic (exact) mass is 302 g/mol. The molecule has 0 bridgehead atoms. The van der Waals surface area contributed by atoms with Gasteiger partial charge in [-0.3, -0.25) is 4.79 Å². The number of rotatable bonds is 7. The lowest BCUT2D eigenvalue weighted by molar-refractivity contribution is -0.118. The molecular formula is C18H19ClO2. The van der Waals surface area contributed by atoms with E-state index in [0.29, 0.717) is 30.2 Å². The highest BCUT2D eigenvalue weighted by Crippen LogP contribution is 2.30. The first-order valence-electron chi connectivity index (χ1n) is 7.20. The van der Waals surface area contributed by atoms with E-state index in [-0.39, 0.29) is 5.78 Å². The van der Waals surface area contributed by atoms with Crippen molar-refractivity contribution in [1.82, 2.24) is 0 Å². The SMILES string of the molecule is CCC(=O)CCCOc1ccc(-c2ccccc2)cc1Cl. The first kappa shape index (κ1) is 15.6. The second-order valence-electron chi connectivity index (χ2n) is 4.86. The molecule has 0 aliphatic rings. The molecule has 2 aromatic rings. The van der Waals surface area contributed by atoms with E-state index in [1.54, 1.807) is 0 Å². The third-order valence-corrected chi connectivity index (χ3v) is 3.59. The molecule has 0 radical (unpaired) electrons. The van der Waals surface area contributed by atoms with Gasteiger partial charge in [0, 0.05) is 12.8 Å². The average Bonchev–Trinajstić information content (AvgIpc) is 2.53. The molecule has 0 atom stereocenters. The highest BCUT2D eigenvalue weighted by atomic mass is 35.5. The predicted molar refractivity (Wildman–Crippen MR) is 86.9 cm³/mol. The molecule has 21 heavy (non-hydrogen) atoms. The van der Waals surface area contributed by atoms with Gasteiger partial charge in [-0.25, -0.2) is 0 Å². The van der Waals surface area contributed by atoms with Crippen molar-refractivity contribution in [3.63, 3.8) is 0 Å². The fourth-order valence-electron chi connectivity index (χ4n) is 2.06. The van der Waals surface area contributed by atoms with Crippen molar-refractivity contribution in [2.24, 2.45) is 0 Å². The predicted octanol–water partition coefficient (Wildman–Crippen LogP) is 5.15. The van der Waals surface area contributed by atoms with Crippen LogP contribution in [0.25, 0.3) is 11.1 Å². The van der Waals surface area contributed by atoms with E-state index in [9.17, 15) is 4.79 Å². The Labute approximate surface area is 130 Å². The summed E-state index contributed by atoms with van der Waals surface area (Å²) in [6, 6.07) is 15.9. The molecule has 0 N–H and O–H groups in total.